The van der Waals surface area contributed by atoms with Gasteiger partial charge in [-0.15, -0.1) is 0 Å². The standard InChI is InChI=1S/C21H26FN3O/c22-20-10-5-4-7-18(20)17-21(26)23-11-6-12-24-13-15-25(16-14-24)19-8-2-1-3-9-19/h1-5,7-10H,6,11-17H2,(H,23,26). The number of hydrogen-bond donors (Lipinski definition) is 1. The number of benzene rings is 2. The summed E-state index contributed by atoms with van der Waals surface area (Å²) in [7, 11) is 0. The molecule has 0 spiro atoms. The van der Waals surface area contributed by atoms with Crippen LogP contribution in [0, 0.1) is 5.82 Å². The van der Waals surface area contributed by atoms with Gasteiger partial charge < -0.3 is 10.2 Å². The van der Waals surface area contributed by atoms with Crippen molar-refractivity contribution in [2.75, 3.05) is 44.2 Å². The Hall–Kier alpha value is -2.40. The van der Waals surface area contributed by atoms with Crippen molar-refractivity contribution in [3.63, 3.8) is 0 Å². The first-order valence-electron chi connectivity index (χ1n) is 9.25. The Morgan fingerprint density at radius 3 is 2.38 bits per heavy atom. The van der Waals surface area contributed by atoms with Crippen LogP contribution < -0.4 is 10.2 Å². The van der Waals surface area contributed by atoms with E-state index in [1.54, 1.807) is 18.2 Å². The fourth-order valence-corrected chi connectivity index (χ4v) is 3.28. The highest BCUT2D eigenvalue weighted by molar-refractivity contribution is 5.78. The zero-order valence-corrected chi connectivity index (χ0v) is 15.0. The average Bonchev–Trinajstić information content (AvgIpc) is 2.68. The molecule has 0 saturated carbocycles. The molecule has 2 aromatic carbocycles. The number of hydrogen-bond acceptors (Lipinski definition) is 3. The topological polar surface area (TPSA) is 35.6 Å². The van der Waals surface area contributed by atoms with E-state index in [0.717, 1.165) is 39.1 Å². The fourth-order valence-electron chi connectivity index (χ4n) is 3.28. The SMILES string of the molecule is O=C(Cc1ccccc1F)NCCCN1CCN(c2ccccc2)CC1. The van der Waals surface area contributed by atoms with E-state index in [4.69, 9.17) is 0 Å². The van der Waals surface area contributed by atoms with Gasteiger partial charge in [-0.2, -0.15) is 0 Å². The second-order valence-electron chi connectivity index (χ2n) is 6.64. The Bertz CT molecular complexity index is 699. The molecule has 0 bridgehead atoms. The molecule has 0 radical (unpaired) electrons. The van der Waals surface area contributed by atoms with Crippen molar-refractivity contribution in [3.8, 4) is 0 Å². The minimum Gasteiger partial charge on any atom is -0.369 e. The molecule has 26 heavy (non-hydrogen) atoms. The highest BCUT2D eigenvalue weighted by Crippen LogP contribution is 2.15. The van der Waals surface area contributed by atoms with Crippen LogP contribution in [0.1, 0.15) is 12.0 Å². The van der Waals surface area contributed by atoms with Crippen LogP contribution in [0.15, 0.2) is 54.6 Å². The van der Waals surface area contributed by atoms with Crippen LogP contribution in [0.2, 0.25) is 0 Å². The van der Waals surface area contributed by atoms with Gasteiger partial charge in [0.1, 0.15) is 5.82 Å². The summed E-state index contributed by atoms with van der Waals surface area (Å²) in [4.78, 5) is 16.8. The molecular formula is C21H26FN3O. The molecule has 0 aromatic heterocycles. The lowest BCUT2D eigenvalue weighted by atomic mass is 10.1. The molecular weight excluding hydrogens is 329 g/mol. The first-order chi connectivity index (χ1) is 12.7. The van der Waals surface area contributed by atoms with Crippen molar-refractivity contribution in [2.24, 2.45) is 0 Å². The molecule has 5 heteroatoms. The summed E-state index contributed by atoms with van der Waals surface area (Å²) in [5.41, 5.74) is 1.73. The predicted molar refractivity (Wildman–Crippen MR) is 103 cm³/mol. The van der Waals surface area contributed by atoms with Gasteiger partial charge in [0.2, 0.25) is 5.91 Å². The smallest absolute Gasteiger partial charge is 0.224 e. The van der Waals surface area contributed by atoms with E-state index in [1.165, 1.54) is 11.8 Å². The zero-order chi connectivity index (χ0) is 18.2. The Labute approximate surface area is 154 Å². The minimum absolute atomic E-state index is 0.0996. The molecule has 1 amide bonds. The van der Waals surface area contributed by atoms with E-state index >= 15 is 0 Å². The van der Waals surface area contributed by atoms with Crippen LogP contribution in [-0.2, 0) is 11.2 Å². The van der Waals surface area contributed by atoms with Gasteiger partial charge in [0.25, 0.3) is 0 Å². The van der Waals surface area contributed by atoms with Crippen molar-refractivity contribution < 1.29 is 9.18 Å². The van der Waals surface area contributed by atoms with E-state index in [0.29, 0.717) is 12.1 Å². The summed E-state index contributed by atoms with van der Waals surface area (Å²) in [6.45, 7) is 5.75. The van der Waals surface area contributed by atoms with Gasteiger partial charge in [-0.05, 0) is 36.7 Å². The van der Waals surface area contributed by atoms with E-state index in [-0.39, 0.29) is 18.1 Å². The van der Waals surface area contributed by atoms with Crippen LogP contribution in [0.3, 0.4) is 0 Å². The van der Waals surface area contributed by atoms with Crippen molar-refractivity contribution in [3.05, 3.63) is 66.0 Å². The quantitative estimate of drug-likeness (QED) is 0.776. The van der Waals surface area contributed by atoms with Gasteiger partial charge in [-0.1, -0.05) is 36.4 Å². The molecule has 1 fully saturated rings. The molecule has 0 unspecified atom stereocenters. The summed E-state index contributed by atoms with van der Waals surface area (Å²) < 4.78 is 13.5. The monoisotopic (exact) mass is 355 g/mol. The number of nitrogens with zero attached hydrogens (tertiary/aromatic N) is 2. The lowest BCUT2D eigenvalue weighted by Gasteiger charge is -2.36. The second-order valence-corrected chi connectivity index (χ2v) is 6.64. The third-order valence-electron chi connectivity index (χ3n) is 4.78. The van der Waals surface area contributed by atoms with Gasteiger partial charge in [0.15, 0.2) is 0 Å². The van der Waals surface area contributed by atoms with Gasteiger partial charge >= 0.3 is 0 Å². The fraction of sp³-hybridized carbons (Fsp3) is 0.381. The average molecular weight is 355 g/mol. The maximum Gasteiger partial charge on any atom is 0.224 e. The molecule has 1 N–H and O–H groups in total. The number of halogens is 1. The Morgan fingerprint density at radius 2 is 1.65 bits per heavy atom. The highest BCUT2D eigenvalue weighted by atomic mass is 19.1. The number of anilines is 1. The first kappa shape index (κ1) is 18.4. The minimum atomic E-state index is -0.320. The molecule has 138 valence electrons. The van der Waals surface area contributed by atoms with Gasteiger partial charge in [-0.3, -0.25) is 9.69 Å². The molecule has 1 heterocycles. The third-order valence-corrected chi connectivity index (χ3v) is 4.78. The van der Waals surface area contributed by atoms with Gasteiger partial charge in [-0.25, -0.2) is 4.39 Å². The first-order valence-corrected chi connectivity index (χ1v) is 9.25. The van der Waals surface area contributed by atoms with E-state index < -0.39 is 0 Å². The molecule has 1 aliphatic rings. The van der Waals surface area contributed by atoms with Crippen molar-refractivity contribution in [1.82, 2.24) is 10.2 Å². The lowest BCUT2D eigenvalue weighted by molar-refractivity contribution is -0.120. The Kier molecular flexibility index (Phi) is 6.61. The van der Waals surface area contributed by atoms with Crippen LogP contribution >= 0.6 is 0 Å². The third kappa shape index (κ3) is 5.30. The van der Waals surface area contributed by atoms with E-state index in [2.05, 4.69) is 39.4 Å². The molecule has 0 aliphatic carbocycles. The number of para-hydroxylation sites is 1. The number of amides is 1. The number of nitrogens with one attached hydrogen (secondary N) is 1. The van der Waals surface area contributed by atoms with Crippen LogP contribution in [0.25, 0.3) is 0 Å². The van der Waals surface area contributed by atoms with Gasteiger partial charge in [0, 0.05) is 38.4 Å². The maximum atomic E-state index is 13.5. The Morgan fingerprint density at radius 1 is 0.962 bits per heavy atom. The highest BCUT2D eigenvalue weighted by Gasteiger charge is 2.16. The van der Waals surface area contributed by atoms with Crippen molar-refractivity contribution >= 4 is 11.6 Å². The summed E-state index contributed by atoms with van der Waals surface area (Å²) in [6.07, 6.45) is 1.01. The van der Waals surface area contributed by atoms with E-state index in [9.17, 15) is 9.18 Å². The summed E-state index contributed by atoms with van der Waals surface area (Å²) >= 11 is 0. The molecule has 4 nitrogen and oxygen atoms in total. The van der Waals surface area contributed by atoms with Crippen LogP contribution in [0.4, 0.5) is 10.1 Å². The summed E-state index contributed by atoms with van der Waals surface area (Å²) in [5.74, 6) is -0.442. The van der Waals surface area contributed by atoms with Crippen LogP contribution in [0.5, 0.6) is 0 Å². The maximum absolute atomic E-state index is 13.5. The number of piperazine rings is 1. The molecule has 1 aliphatic heterocycles. The second kappa shape index (κ2) is 9.34. The lowest BCUT2D eigenvalue weighted by Crippen LogP contribution is -2.47. The summed E-state index contributed by atoms with van der Waals surface area (Å²) in [6, 6.07) is 16.9. The van der Waals surface area contributed by atoms with Crippen molar-refractivity contribution in [1.29, 1.82) is 0 Å². The van der Waals surface area contributed by atoms with Crippen LogP contribution in [-0.4, -0.2) is 50.1 Å². The zero-order valence-electron chi connectivity index (χ0n) is 15.0. The number of carbonyl (C=O) groups excluding carboxylic acids is 1. The summed E-state index contributed by atoms with van der Waals surface area (Å²) in [5, 5.41) is 2.89. The van der Waals surface area contributed by atoms with Gasteiger partial charge in [0.05, 0.1) is 6.42 Å². The number of carbonyl (C=O) groups is 1. The normalized spacial score (nSPS) is 15.0. The predicted octanol–water partition coefficient (Wildman–Crippen LogP) is 2.70. The molecule has 2 aromatic rings. The molecule has 3 rings (SSSR count). The molecule has 0 atom stereocenters. The van der Waals surface area contributed by atoms with Crippen molar-refractivity contribution in [2.45, 2.75) is 12.8 Å². The Balaban J connectivity index is 1.31. The largest absolute Gasteiger partial charge is 0.369 e. The van der Waals surface area contributed by atoms with E-state index in [1.807, 2.05) is 6.07 Å². The molecule has 1 saturated heterocycles. The number of rotatable bonds is 7.